The summed E-state index contributed by atoms with van der Waals surface area (Å²) in [6, 6.07) is 25.2. The van der Waals surface area contributed by atoms with Gasteiger partial charge in [-0.1, -0.05) is 48.5 Å². The summed E-state index contributed by atoms with van der Waals surface area (Å²) in [6.07, 6.45) is 0.305. The van der Waals surface area contributed by atoms with Crippen LogP contribution in [0.15, 0.2) is 78.9 Å². The third-order valence-corrected chi connectivity index (χ3v) is 4.23. The molecule has 150 valence electrons. The SMILES string of the molecule is N#CCc1ccc(NC(=O)COC(=O)c2ccccc2COc2ccccc2)cc1. The maximum absolute atomic E-state index is 12.5. The molecule has 0 aliphatic rings. The van der Waals surface area contributed by atoms with E-state index in [4.69, 9.17) is 14.7 Å². The molecule has 1 amide bonds. The third-order valence-electron chi connectivity index (χ3n) is 4.23. The van der Waals surface area contributed by atoms with Crippen LogP contribution in [0.2, 0.25) is 0 Å². The maximum atomic E-state index is 12.5. The number of carbonyl (C=O) groups is 2. The lowest BCUT2D eigenvalue weighted by atomic mass is 10.1. The molecule has 0 bridgehead atoms. The van der Waals surface area contributed by atoms with E-state index >= 15 is 0 Å². The quantitative estimate of drug-likeness (QED) is 0.575. The Morgan fingerprint density at radius 2 is 1.60 bits per heavy atom. The lowest BCUT2D eigenvalue weighted by Gasteiger charge is -2.11. The Kier molecular flexibility index (Phi) is 7.17. The number of esters is 1. The van der Waals surface area contributed by atoms with E-state index < -0.39 is 18.5 Å². The van der Waals surface area contributed by atoms with Gasteiger partial charge >= 0.3 is 5.97 Å². The summed E-state index contributed by atoms with van der Waals surface area (Å²) in [4.78, 5) is 24.6. The van der Waals surface area contributed by atoms with Crippen LogP contribution >= 0.6 is 0 Å². The van der Waals surface area contributed by atoms with Gasteiger partial charge < -0.3 is 14.8 Å². The Bertz CT molecular complexity index is 1040. The predicted molar refractivity (Wildman–Crippen MR) is 112 cm³/mol. The second-order valence-electron chi connectivity index (χ2n) is 6.41. The van der Waals surface area contributed by atoms with Crippen LogP contribution < -0.4 is 10.1 Å². The van der Waals surface area contributed by atoms with E-state index in [0.717, 1.165) is 5.56 Å². The molecule has 0 saturated heterocycles. The van der Waals surface area contributed by atoms with Gasteiger partial charge in [0, 0.05) is 11.3 Å². The van der Waals surface area contributed by atoms with Crippen molar-refractivity contribution in [1.29, 1.82) is 5.26 Å². The van der Waals surface area contributed by atoms with Crippen LogP contribution in [-0.2, 0) is 22.6 Å². The number of nitrogens with one attached hydrogen (secondary N) is 1. The maximum Gasteiger partial charge on any atom is 0.339 e. The Morgan fingerprint density at radius 3 is 2.33 bits per heavy atom. The number of carbonyl (C=O) groups excluding carboxylic acids is 2. The molecule has 1 N–H and O–H groups in total. The second kappa shape index (κ2) is 10.4. The Balaban J connectivity index is 1.54. The van der Waals surface area contributed by atoms with Gasteiger partial charge in [-0.15, -0.1) is 0 Å². The van der Waals surface area contributed by atoms with Crippen molar-refractivity contribution in [3.8, 4) is 11.8 Å². The molecule has 0 radical (unpaired) electrons. The fourth-order valence-corrected chi connectivity index (χ4v) is 2.73. The van der Waals surface area contributed by atoms with Gasteiger partial charge in [0.2, 0.25) is 0 Å². The summed E-state index contributed by atoms with van der Waals surface area (Å²) in [5.74, 6) is -0.350. The highest BCUT2D eigenvalue weighted by Crippen LogP contribution is 2.16. The van der Waals surface area contributed by atoms with E-state index in [1.807, 2.05) is 36.4 Å². The summed E-state index contributed by atoms with van der Waals surface area (Å²) < 4.78 is 10.9. The van der Waals surface area contributed by atoms with Gasteiger partial charge in [-0.3, -0.25) is 4.79 Å². The molecule has 0 atom stereocenters. The standard InChI is InChI=1S/C24H20N2O4/c25-15-14-18-10-12-20(13-11-18)26-23(27)17-30-24(28)22-9-5-4-6-19(22)16-29-21-7-2-1-3-8-21/h1-13H,14,16-17H2,(H,26,27). The van der Waals surface area contributed by atoms with E-state index in [-0.39, 0.29) is 6.61 Å². The highest BCUT2D eigenvalue weighted by atomic mass is 16.5. The minimum atomic E-state index is -0.596. The molecular weight excluding hydrogens is 380 g/mol. The first kappa shape index (κ1) is 20.6. The van der Waals surface area contributed by atoms with Crippen LogP contribution in [-0.4, -0.2) is 18.5 Å². The molecule has 3 aromatic rings. The summed E-state index contributed by atoms with van der Waals surface area (Å²) in [5, 5.41) is 11.3. The van der Waals surface area contributed by atoms with E-state index in [2.05, 4.69) is 11.4 Å². The van der Waals surface area contributed by atoms with Crippen molar-refractivity contribution in [2.45, 2.75) is 13.0 Å². The number of nitriles is 1. The lowest BCUT2D eigenvalue weighted by molar-refractivity contribution is -0.119. The molecule has 0 spiro atoms. The zero-order valence-electron chi connectivity index (χ0n) is 16.2. The Morgan fingerprint density at radius 1 is 0.900 bits per heavy atom. The number of benzene rings is 3. The van der Waals surface area contributed by atoms with Crippen LogP contribution in [0.5, 0.6) is 5.75 Å². The van der Waals surface area contributed by atoms with Gasteiger partial charge in [0.15, 0.2) is 6.61 Å². The van der Waals surface area contributed by atoms with E-state index in [9.17, 15) is 9.59 Å². The number of amides is 1. The van der Waals surface area contributed by atoms with Crippen molar-refractivity contribution in [2.24, 2.45) is 0 Å². The molecule has 6 nitrogen and oxygen atoms in total. The summed E-state index contributed by atoms with van der Waals surface area (Å²) in [7, 11) is 0. The van der Waals surface area contributed by atoms with Crippen molar-refractivity contribution < 1.29 is 19.1 Å². The number of nitrogens with zero attached hydrogens (tertiary/aromatic N) is 1. The summed E-state index contributed by atoms with van der Waals surface area (Å²) in [6.45, 7) is -0.205. The van der Waals surface area contributed by atoms with Gasteiger partial charge in [0.05, 0.1) is 18.1 Å². The first-order valence-electron chi connectivity index (χ1n) is 9.34. The molecule has 6 heteroatoms. The summed E-state index contributed by atoms with van der Waals surface area (Å²) >= 11 is 0. The molecule has 0 fully saturated rings. The molecular formula is C24H20N2O4. The van der Waals surface area contributed by atoms with Gasteiger partial charge in [0.1, 0.15) is 12.4 Å². The van der Waals surface area contributed by atoms with Gasteiger partial charge in [-0.25, -0.2) is 4.79 Å². The molecule has 0 heterocycles. The Labute approximate surface area is 174 Å². The number of hydrogen-bond acceptors (Lipinski definition) is 5. The molecule has 30 heavy (non-hydrogen) atoms. The Hall–Kier alpha value is -4.11. The minimum absolute atomic E-state index is 0.205. The zero-order chi connectivity index (χ0) is 21.2. The minimum Gasteiger partial charge on any atom is -0.489 e. The van der Waals surface area contributed by atoms with Crippen molar-refractivity contribution in [2.75, 3.05) is 11.9 Å². The number of hydrogen-bond donors (Lipinski definition) is 1. The monoisotopic (exact) mass is 400 g/mol. The smallest absolute Gasteiger partial charge is 0.339 e. The van der Waals surface area contributed by atoms with Gasteiger partial charge in [0.25, 0.3) is 5.91 Å². The van der Waals surface area contributed by atoms with Crippen molar-refractivity contribution in [1.82, 2.24) is 0 Å². The van der Waals surface area contributed by atoms with Crippen molar-refractivity contribution >= 4 is 17.6 Å². The predicted octanol–water partition coefficient (Wildman–Crippen LogP) is 4.13. The number of anilines is 1. The molecule has 3 aromatic carbocycles. The molecule has 3 rings (SSSR count). The average molecular weight is 400 g/mol. The number of rotatable bonds is 8. The lowest BCUT2D eigenvalue weighted by Crippen LogP contribution is -2.21. The zero-order valence-corrected chi connectivity index (χ0v) is 16.2. The van der Waals surface area contributed by atoms with Crippen LogP contribution in [0, 0.1) is 11.3 Å². The number of ether oxygens (including phenoxy) is 2. The number of para-hydroxylation sites is 1. The second-order valence-corrected chi connectivity index (χ2v) is 6.41. The average Bonchev–Trinajstić information content (AvgIpc) is 2.78. The van der Waals surface area contributed by atoms with Crippen LogP contribution in [0.3, 0.4) is 0 Å². The van der Waals surface area contributed by atoms with Gasteiger partial charge in [-0.05, 0) is 35.9 Å². The third kappa shape index (κ3) is 5.94. The molecule has 0 aromatic heterocycles. The molecule has 0 aliphatic carbocycles. The van der Waals surface area contributed by atoms with Crippen LogP contribution in [0.4, 0.5) is 5.69 Å². The summed E-state index contributed by atoms with van der Waals surface area (Å²) in [5.41, 5.74) is 2.44. The fourth-order valence-electron chi connectivity index (χ4n) is 2.73. The highest BCUT2D eigenvalue weighted by molar-refractivity contribution is 5.96. The topological polar surface area (TPSA) is 88.4 Å². The largest absolute Gasteiger partial charge is 0.489 e. The normalized spacial score (nSPS) is 9.97. The van der Waals surface area contributed by atoms with Crippen LogP contribution in [0.25, 0.3) is 0 Å². The van der Waals surface area contributed by atoms with Crippen LogP contribution in [0.1, 0.15) is 21.5 Å². The highest BCUT2D eigenvalue weighted by Gasteiger charge is 2.15. The van der Waals surface area contributed by atoms with Crippen molar-refractivity contribution in [3.63, 3.8) is 0 Å². The molecule has 0 unspecified atom stereocenters. The van der Waals surface area contributed by atoms with E-state index in [1.165, 1.54) is 0 Å². The molecule has 0 saturated carbocycles. The first-order chi connectivity index (χ1) is 14.7. The first-order valence-corrected chi connectivity index (χ1v) is 9.34. The van der Waals surface area contributed by atoms with E-state index in [0.29, 0.717) is 29.0 Å². The fraction of sp³-hybridized carbons (Fsp3) is 0.125. The van der Waals surface area contributed by atoms with Crippen molar-refractivity contribution in [3.05, 3.63) is 95.6 Å². The van der Waals surface area contributed by atoms with Gasteiger partial charge in [-0.2, -0.15) is 5.26 Å². The van der Waals surface area contributed by atoms with E-state index in [1.54, 1.807) is 42.5 Å². The molecule has 0 aliphatic heterocycles.